The Morgan fingerprint density at radius 2 is 1.82 bits per heavy atom. The van der Waals surface area contributed by atoms with Crippen molar-refractivity contribution in [3.05, 3.63) is 11.8 Å². The molecule has 0 aliphatic heterocycles. The molecule has 0 rings (SSSR count). The van der Waals surface area contributed by atoms with Crippen LogP contribution in [0.1, 0.15) is 13.8 Å². The summed E-state index contributed by atoms with van der Waals surface area (Å²) >= 11 is 0. The second-order valence-electron chi connectivity index (χ2n) is 1.80. The number of phosphoric acid groups is 1. The summed E-state index contributed by atoms with van der Waals surface area (Å²) in [5, 5.41) is 0. The minimum Gasteiger partial charge on any atom is -0.409 e. The lowest BCUT2D eigenvalue weighted by Crippen LogP contribution is -1.92. The van der Waals surface area contributed by atoms with Crippen LogP contribution in [0.5, 0.6) is 0 Å². The zero-order valence-corrected chi connectivity index (χ0v) is 8.05. The summed E-state index contributed by atoms with van der Waals surface area (Å²) in [6.07, 6.45) is 1.67. The first-order valence-electron chi connectivity index (χ1n) is 3.12. The van der Waals surface area contributed by atoms with Crippen LogP contribution in [0.2, 0.25) is 0 Å². The fraction of sp³-hybridized carbons (Fsp3) is 0.667. The summed E-state index contributed by atoms with van der Waals surface area (Å²) in [5.41, 5.74) is 0. The third kappa shape index (κ3) is 3.56. The van der Waals surface area contributed by atoms with Gasteiger partial charge in [0.25, 0.3) is 0 Å². The molecule has 0 N–H and O–H groups in total. The lowest BCUT2D eigenvalue weighted by atomic mass is 10.5. The van der Waals surface area contributed by atoms with Crippen LogP contribution in [0.15, 0.2) is 11.8 Å². The SMILES string of the molecule is CC=C(C)OP(=O)(OC)OC. The molecule has 0 aromatic heterocycles. The molecule has 0 aromatic carbocycles. The van der Waals surface area contributed by atoms with Gasteiger partial charge in [-0.15, -0.1) is 0 Å². The summed E-state index contributed by atoms with van der Waals surface area (Å²) in [7, 11) is -0.780. The molecule has 0 spiro atoms. The molecule has 0 radical (unpaired) electrons. The van der Waals surface area contributed by atoms with Crippen molar-refractivity contribution in [2.45, 2.75) is 13.8 Å². The second kappa shape index (κ2) is 4.54. The topological polar surface area (TPSA) is 44.8 Å². The zero-order chi connectivity index (χ0) is 8.91. The molecule has 0 amide bonds. The fourth-order valence-electron chi connectivity index (χ4n) is 0.378. The average molecular weight is 180 g/mol. The number of phosphoric ester groups is 1. The molecule has 5 heteroatoms. The first-order chi connectivity index (χ1) is 5.08. The maximum Gasteiger partial charge on any atom is 0.529 e. The van der Waals surface area contributed by atoms with Crippen LogP contribution >= 0.6 is 7.82 Å². The summed E-state index contributed by atoms with van der Waals surface area (Å²) in [5.74, 6) is 0.511. The lowest BCUT2D eigenvalue weighted by molar-refractivity contribution is 0.183. The van der Waals surface area contributed by atoms with E-state index in [1.54, 1.807) is 19.9 Å². The summed E-state index contributed by atoms with van der Waals surface area (Å²) in [6.45, 7) is 3.44. The Morgan fingerprint density at radius 3 is 2.09 bits per heavy atom. The maximum absolute atomic E-state index is 11.2. The molecular formula is C6H13O4P. The standard InChI is InChI=1S/C6H13O4P/c1-5-6(2)10-11(7,8-3)9-4/h5H,1-4H3. The molecule has 0 bridgehead atoms. The molecule has 11 heavy (non-hydrogen) atoms. The minimum absolute atomic E-state index is 0.511. The largest absolute Gasteiger partial charge is 0.529 e. The Bertz CT molecular complexity index is 179. The van der Waals surface area contributed by atoms with E-state index >= 15 is 0 Å². The Balaban J connectivity index is 4.20. The van der Waals surface area contributed by atoms with E-state index in [1.165, 1.54) is 14.2 Å². The summed E-state index contributed by atoms with van der Waals surface area (Å²) in [6, 6.07) is 0. The molecule has 0 fully saturated rings. The van der Waals surface area contributed by atoms with E-state index < -0.39 is 7.82 Å². The predicted octanol–water partition coefficient (Wildman–Crippen LogP) is 2.33. The monoisotopic (exact) mass is 180 g/mol. The van der Waals surface area contributed by atoms with Gasteiger partial charge in [0.15, 0.2) is 0 Å². The van der Waals surface area contributed by atoms with Crippen LogP contribution < -0.4 is 0 Å². The van der Waals surface area contributed by atoms with Crippen molar-refractivity contribution in [3.63, 3.8) is 0 Å². The van der Waals surface area contributed by atoms with E-state index in [0.717, 1.165) is 0 Å². The van der Waals surface area contributed by atoms with Gasteiger partial charge in [0.2, 0.25) is 0 Å². The van der Waals surface area contributed by atoms with E-state index in [9.17, 15) is 4.57 Å². The maximum atomic E-state index is 11.2. The van der Waals surface area contributed by atoms with Crippen molar-refractivity contribution in [1.82, 2.24) is 0 Å². The third-order valence-electron chi connectivity index (χ3n) is 1.11. The molecular weight excluding hydrogens is 167 g/mol. The molecule has 0 aliphatic rings. The minimum atomic E-state index is -3.32. The molecule has 0 heterocycles. The van der Waals surface area contributed by atoms with Crippen LogP contribution in [0.25, 0.3) is 0 Å². The van der Waals surface area contributed by atoms with Crippen LogP contribution in [0.4, 0.5) is 0 Å². The molecule has 0 saturated heterocycles. The highest BCUT2D eigenvalue weighted by Gasteiger charge is 2.23. The van der Waals surface area contributed by atoms with E-state index in [-0.39, 0.29) is 0 Å². The predicted molar refractivity (Wildman–Crippen MR) is 42.1 cm³/mol. The highest BCUT2D eigenvalue weighted by atomic mass is 31.2. The van der Waals surface area contributed by atoms with Crippen molar-refractivity contribution < 1.29 is 18.1 Å². The highest BCUT2D eigenvalue weighted by Crippen LogP contribution is 2.49. The van der Waals surface area contributed by atoms with Crippen LogP contribution in [-0.4, -0.2) is 14.2 Å². The molecule has 0 atom stereocenters. The van der Waals surface area contributed by atoms with Gasteiger partial charge in [0.05, 0.1) is 0 Å². The van der Waals surface area contributed by atoms with E-state index in [4.69, 9.17) is 4.52 Å². The van der Waals surface area contributed by atoms with Gasteiger partial charge >= 0.3 is 7.82 Å². The van der Waals surface area contributed by atoms with Crippen molar-refractivity contribution in [2.75, 3.05) is 14.2 Å². The van der Waals surface area contributed by atoms with Gasteiger partial charge in [-0.1, -0.05) is 0 Å². The van der Waals surface area contributed by atoms with E-state index in [1.807, 2.05) is 0 Å². The molecule has 0 aliphatic carbocycles. The quantitative estimate of drug-likeness (QED) is 0.492. The number of allylic oxidation sites excluding steroid dienone is 2. The van der Waals surface area contributed by atoms with E-state index in [2.05, 4.69) is 9.05 Å². The summed E-state index contributed by atoms with van der Waals surface area (Å²) < 4.78 is 25.1. The average Bonchev–Trinajstić information content (AvgIpc) is 2.04. The van der Waals surface area contributed by atoms with Gasteiger partial charge < -0.3 is 4.52 Å². The van der Waals surface area contributed by atoms with Gasteiger partial charge in [-0.25, -0.2) is 4.57 Å². The number of hydrogen-bond acceptors (Lipinski definition) is 4. The number of rotatable bonds is 4. The van der Waals surface area contributed by atoms with Crippen LogP contribution in [0, 0.1) is 0 Å². The van der Waals surface area contributed by atoms with Crippen LogP contribution in [-0.2, 0) is 18.1 Å². The van der Waals surface area contributed by atoms with E-state index in [0.29, 0.717) is 5.76 Å². The second-order valence-corrected chi connectivity index (χ2v) is 3.61. The Labute approximate surface area is 66.8 Å². The highest BCUT2D eigenvalue weighted by molar-refractivity contribution is 7.48. The van der Waals surface area contributed by atoms with Gasteiger partial charge in [0, 0.05) is 14.2 Å². The first kappa shape index (κ1) is 10.7. The molecule has 0 saturated carbocycles. The smallest absolute Gasteiger partial charge is 0.409 e. The van der Waals surface area contributed by atoms with Crippen molar-refractivity contribution in [2.24, 2.45) is 0 Å². The Morgan fingerprint density at radius 1 is 1.36 bits per heavy atom. The molecule has 0 unspecified atom stereocenters. The normalized spacial score (nSPS) is 13.3. The molecule has 66 valence electrons. The Hall–Kier alpha value is -0.310. The molecule has 0 aromatic rings. The lowest BCUT2D eigenvalue weighted by Gasteiger charge is -2.13. The molecule has 4 nitrogen and oxygen atoms in total. The van der Waals surface area contributed by atoms with Crippen molar-refractivity contribution in [1.29, 1.82) is 0 Å². The van der Waals surface area contributed by atoms with Gasteiger partial charge in [0.1, 0.15) is 5.76 Å². The fourth-order valence-corrected chi connectivity index (χ4v) is 1.13. The van der Waals surface area contributed by atoms with Crippen molar-refractivity contribution >= 4 is 7.82 Å². The third-order valence-corrected chi connectivity index (χ3v) is 2.52. The van der Waals surface area contributed by atoms with Gasteiger partial charge in [-0.2, -0.15) is 0 Å². The van der Waals surface area contributed by atoms with Crippen molar-refractivity contribution in [3.8, 4) is 0 Å². The van der Waals surface area contributed by atoms with Crippen LogP contribution in [0.3, 0.4) is 0 Å². The van der Waals surface area contributed by atoms with Gasteiger partial charge in [-0.3, -0.25) is 9.05 Å². The Kier molecular flexibility index (Phi) is 4.42. The first-order valence-corrected chi connectivity index (χ1v) is 4.58. The zero-order valence-electron chi connectivity index (χ0n) is 7.16. The summed E-state index contributed by atoms with van der Waals surface area (Å²) in [4.78, 5) is 0. The van der Waals surface area contributed by atoms with Gasteiger partial charge in [-0.05, 0) is 19.9 Å². The number of hydrogen-bond donors (Lipinski definition) is 0.